The van der Waals surface area contributed by atoms with E-state index in [1.54, 1.807) is 0 Å². The fraction of sp³-hybridized carbons (Fsp3) is 0.375. The number of halogens is 3. The van der Waals surface area contributed by atoms with Crippen LogP contribution in [0.5, 0.6) is 0 Å². The Bertz CT molecular complexity index is 315. The largest absolute Gasteiger partial charge is 0.384 e. The van der Waals surface area contributed by atoms with Crippen molar-refractivity contribution in [3.8, 4) is 0 Å². The summed E-state index contributed by atoms with van der Waals surface area (Å²) in [6.07, 6.45) is -2.50. The van der Waals surface area contributed by atoms with Crippen LogP contribution in [0.25, 0.3) is 0 Å². The third-order valence-electron chi connectivity index (χ3n) is 1.72. The van der Waals surface area contributed by atoms with E-state index in [2.05, 4.69) is 20.9 Å². The second-order valence-corrected chi connectivity index (χ2v) is 3.20. The maximum atomic E-state index is 12.5. The summed E-state index contributed by atoms with van der Waals surface area (Å²) in [5, 5.41) is 0.361. The fourth-order valence-electron chi connectivity index (χ4n) is 1.18. The number of nitrogens with zero attached hydrogens (tertiary/aromatic N) is 1. The van der Waals surface area contributed by atoms with Gasteiger partial charge in [-0.25, -0.2) is 13.8 Å². The van der Waals surface area contributed by atoms with E-state index in [1.165, 1.54) is 13.0 Å². The molecule has 0 aromatic carbocycles. The van der Waals surface area contributed by atoms with Crippen molar-refractivity contribution in [2.75, 3.05) is 5.73 Å². The van der Waals surface area contributed by atoms with Gasteiger partial charge < -0.3 is 5.73 Å². The highest BCUT2D eigenvalue weighted by Crippen LogP contribution is 2.28. The highest BCUT2D eigenvalue weighted by molar-refractivity contribution is 9.08. The molecule has 5 heteroatoms. The summed E-state index contributed by atoms with van der Waals surface area (Å²) >= 11 is 3.13. The molecule has 1 heterocycles. The zero-order valence-corrected chi connectivity index (χ0v) is 8.61. The van der Waals surface area contributed by atoms with Crippen molar-refractivity contribution < 1.29 is 8.78 Å². The summed E-state index contributed by atoms with van der Waals surface area (Å²) in [5.74, 6) is 0.274. The maximum absolute atomic E-state index is 12.5. The molecule has 0 aliphatic rings. The summed E-state index contributed by atoms with van der Waals surface area (Å²) < 4.78 is 25.0. The number of nitrogens with two attached hydrogens (primary N) is 1. The topological polar surface area (TPSA) is 38.9 Å². The van der Waals surface area contributed by atoms with Gasteiger partial charge in [0.05, 0.1) is 0 Å². The van der Waals surface area contributed by atoms with E-state index in [0.717, 1.165) is 0 Å². The highest BCUT2D eigenvalue weighted by atomic mass is 79.9. The van der Waals surface area contributed by atoms with Crippen LogP contribution < -0.4 is 5.73 Å². The minimum atomic E-state index is -2.50. The van der Waals surface area contributed by atoms with Gasteiger partial charge in [0.1, 0.15) is 5.82 Å². The Labute approximate surface area is 83.3 Å². The van der Waals surface area contributed by atoms with E-state index in [1.807, 2.05) is 0 Å². The van der Waals surface area contributed by atoms with Crippen LogP contribution in [0.3, 0.4) is 0 Å². The summed E-state index contributed by atoms with van der Waals surface area (Å²) in [6.45, 7) is 1.53. The zero-order valence-electron chi connectivity index (χ0n) is 7.02. The van der Waals surface area contributed by atoms with E-state index in [-0.39, 0.29) is 11.4 Å². The molecule has 13 heavy (non-hydrogen) atoms. The lowest BCUT2D eigenvalue weighted by Gasteiger charge is -2.09. The molecule has 0 bridgehead atoms. The minimum Gasteiger partial charge on any atom is -0.384 e. The second kappa shape index (κ2) is 4.00. The average molecular weight is 251 g/mol. The maximum Gasteiger partial charge on any atom is 0.265 e. The number of pyridine rings is 1. The van der Waals surface area contributed by atoms with Crippen LogP contribution in [0.1, 0.15) is 23.2 Å². The van der Waals surface area contributed by atoms with Crippen LogP contribution in [-0.2, 0) is 5.33 Å². The average Bonchev–Trinajstić information content (AvgIpc) is 2.01. The lowest BCUT2D eigenvalue weighted by Crippen LogP contribution is -2.02. The first-order chi connectivity index (χ1) is 6.06. The fourth-order valence-corrected chi connectivity index (χ4v) is 1.65. The standard InChI is InChI=1S/C8H9BrF2N2/c1-4-7(8(10)11)5(3-9)2-6(12)13-4/h2,8H,3H2,1H3,(H2,12,13). The van der Waals surface area contributed by atoms with Crippen molar-refractivity contribution in [1.82, 2.24) is 4.98 Å². The molecule has 0 spiro atoms. The Balaban J connectivity index is 3.30. The molecule has 1 aromatic heterocycles. The Morgan fingerprint density at radius 1 is 1.62 bits per heavy atom. The number of hydrogen-bond acceptors (Lipinski definition) is 2. The normalized spacial score (nSPS) is 10.8. The molecule has 2 nitrogen and oxygen atoms in total. The lowest BCUT2D eigenvalue weighted by molar-refractivity contribution is 0.149. The van der Waals surface area contributed by atoms with E-state index in [0.29, 0.717) is 16.6 Å². The molecular weight excluding hydrogens is 242 g/mol. The molecule has 0 amide bonds. The molecule has 0 atom stereocenters. The molecule has 0 aliphatic heterocycles. The van der Waals surface area contributed by atoms with Crippen molar-refractivity contribution in [3.05, 3.63) is 22.9 Å². The van der Waals surface area contributed by atoms with Crippen LogP contribution >= 0.6 is 15.9 Å². The van der Waals surface area contributed by atoms with Gasteiger partial charge in [-0.05, 0) is 18.6 Å². The lowest BCUT2D eigenvalue weighted by atomic mass is 10.1. The van der Waals surface area contributed by atoms with Gasteiger partial charge in [0.25, 0.3) is 6.43 Å². The summed E-state index contributed by atoms with van der Waals surface area (Å²) in [5.41, 5.74) is 6.20. The summed E-state index contributed by atoms with van der Waals surface area (Å²) in [7, 11) is 0. The smallest absolute Gasteiger partial charge is 0.265 e. The van der Waals surface area contributed by atoms with Crippen LogP contribution in [-0.4, -0.2) is 4.98 Å². The van der Waals surface area contributed by atoms with Crippen LogP contribution in [0.15, 0.2) is 6.07 Å². The van der Waals surface area contributed by atoms with Crippen LogP contribution in [0.2, 0.25) is 0 Å². The van der Waals surface area contributed by atoms with Gasteiger partial charge in [0, 0.05) is 16.6 Å². The molecule has 0 saturated carbocycles. The SMILES string of the molecule is Cc1nc(N)cc(CBr)c1C(F)F. The van der Waals surface area contributed by atoms with Gasteiger partial charge in [-0.2, -0.15) is 0 Å². The minimum absolute atomic E-state index is 0.0222. The second-order valence-electron chi connectivity index (χ2n) is 2.64. The number of aryl methyl sites for hydroxylation is 1. The Kier molecular flexibility index (Phi) is 3.19. The van der Waals surface area contributed by atoms with Crippen LogP contribution in [0.4, 0.5) is 14.6 Å². The first-order valence-corrected chi connectivity index (χ1v) is 4.78. The quantitative estimate of drug-likeness (QED) is 0.821. The van der Waals surface area contributed by atoms with Gasteiger partial charge >= 0.3 is 0 Å². The van der Waals surface area contributed by atoms with Crippen LogP contribution in [0, 0.1) is 6.92 Å². The van der Waals surface area contributed by atoms with Gasteiger partial charge in [-0.1, -0.05) is 15.9 Å². The molecule has 0 fully saturated rings. The predicted molar refractivity (Wildman–Crippen MR) is 51.0 cm³/mol. The third kappa shape index (κ3) is 2.15. The Morgan fingerprint density at radius 2 is 2.23 bits per heavy atom. The Morgan fingerprint density at radius 3 is 2.69 bits per heavy atom. The monoisotopic (exact) mass is 250 g/mol. The van der Waals surface area contributed by atoms with E-state index in [4.69, 9.17) is 5.73 Å². The first-order valence-electron chi connectivity index (χ1n) is 3.66. The Hall–Kier alpha value is -0.710. The zero-order chi connectivity index (χ0) is 10.0. The van der Waals surface area contributed by atoms with Gasteiger partial charge in [-0.15, -0.1) is 0 Å². The number of aromatic nitrogens is 1. The van der Waals surface area contributed by atoms with E-state index in [9.17, 15) is 8.78 Å². The van der Waals surface area contributed by atoms with E-state index < -0.39 is 6.43 Å². The molecule has 0 radical (unpaired) electrons. The number of rotatable bonds is 2. The van der Waals surface area contributed by atoms with Crippen molar-refractivity contribution in [2.45, 2.75) is 18.7 Å². The molecule has 0 aliphatic carbocycles. The van der Waals surface area contributed by atoms with Crippen molar-refractivity contribution >= 4 is 21.7 Å². The number of anilines is 1. The van der Waals surface area contributed by atoms with Gasteiger partial charge in [0.2, 0.25) is 0 Å². The van der Waals surface area contributed by atoms with Gasteiger partial charge in [-0.3, -0.25) is 0 Å². The number of alkyl halides is 3. The summed E-state index contributed by atoms with van der Waals surface area (Å²) in [4.78, 5) is 3.78. The molecule has 2 N–H and O–H groups in total. The number of nitrogen functional groups attached to an aromatic ring is 1. The molecule has 0 saturated heterocycles. The summed E-state index contributed by atoms with van der Waals surface area (Å²) in [6, 6.07) is 1.46. The third-order valence-corrected chi connectivity index (χ3v) is 2.32. The molecule has 1 rings (SSSR count). The number of hydrogen-bond donors (Lipinski definition) is 1. The van der Waals surface area contributed by atoms with Crippen molar-refractivity contribution in [1.29, 1.82) is 0 Å². The predicted octanol–water partition coefficient (Wildman–Crippen LogP) is 2.80. The van der Waals surface area contributed by atoms with Crippen molar-refractivity contribution in [3.63, 3.8) is 0 Å². The van der Waals surface area contributed by atoms with E-state index >= 15 is 0 Å². The molecule has 0 unspecified atom stereocenters. The van der Waals surface area contributed by atoms with Gasteiger partial charge in [0.15, 0.2) is 0 Å². The van der Waals surface area contributed by atoms with Crippen molar-refractivity contribution in [2.24, 2.45) is 0 Å². The molecule has 1 aromatic rings. The first kappa shape index (κ1) is 10.4. The molecular formula is C8H9BrF2N2. The molecule has 72 valence electrons. The highest BCUT2D eigenvalue weighted by Gasteiger charge is 2.16.